The maximum Gasteiger partial charge on any atom is 0.291 e. The summed E-state index contributed by atoms with van der Waals surface area (Å²) < 4.78 is 5.23. The molecule has 0 spiro atoms. The lowest BCUT2D eigenvalue weighted by Crippen LogP contribution is -2.17. The Morgan fingerprint density at radius 1 is 1.26 bits per heavy atom. The predicted molar refractivity (Wildman–Crippen MR) is 73.7 cm³/mol. The number of nitrogens with one attached hydrogen (secondary N) is 1. The van der Waals surface area contributed by atoms with Crippen molar-refractivity contribution >= 4 is 28.2 Å². The summed E-state index contributed by atoms with van der Waals surface area (Å²) in [6.07, 6.45) is 0. The largest absolute Gasteiger partial charge is 0.456 e. The first-order valence-corrected chi connectivity index (χ1v) is 6.49. The average molecular weight is 278 g/mol. The van der Waals surface area contributed by atoms with Gasteiger partial charge in [0, 0.05) is 4.88 Å². The van der Waals surface area contributed by atoms with Gasteiger partial charge in [-0.05, 0) is 38.5 Å². The van der Waals surface area contributed by atoms with Gasteiger partial charge < -0.3 is 15.5 Å². The molecule has 2 aromatic heterocycles. The van der Waals surface area contributed by atoms with Gasteiger partial charge in [-0.15, -0.1) is 11.3 Å². The lowest BCUT2D eigenvalue weighted by molar-refractivity contribution is 0.0996. The molecule has 0 aliphatic rings. The van der Waals surface area contributed by atoms with E-state index in [-0.39, 0.29) is 5.76 Å². The van der Waals surface area contributed by atoms with Crippen LogP contribution in [0.3, 0.4) is 0 Å². The highest BCUT2D eigenvalue weighted by Gasteiger charge is 2.20. The molecular formula is C13H14N2O3S. The fourth-order valence-electron chi connectivity index (χ4n) is 1.73. The van der Waals surface area contributed by atoms with Crippen LogP contribution >= 0.6 is 11.3 Å². The van der Waals surface area contributed by atoms with Crippen molar-refractivity contribution in [3.05, 3.63) is 39.7 Å². The number of aryl methyl sites for hydroxylation is 2. The van der Waals surface area contributed by atoms with Gasteiger partial charge in [-0.2, -0.15) is 0 Å². The molecule has 0 unspecified atom stereocenters. The Morgan fingerprint density at radius 3 is 2.47 bits per heavy atom. The highest BCUT2D eigenvalue weighted by Crippen LogP contribution is 2.32. The van der Waals surface area contributed by atoms with Crippen LogP contribution in [0, 0.1) is 20.8 Å². The molecule has 2 amide bonds. The maximum absolute atomic E-state index is 12.0. The van der Waals surface area contributed by atoms with Crippen molar-refractivity contribution in [3.8, 4) is 0 Å². The van der Waals surface area contributed by atoms with Crippen molar-refractivity contribution in [1.29, 1.82) is 0 Å². The molecule has 3 N–H and O–H groups in total. The number of amides is 2. The predicted octanol–water partition coefficient (Wildman–Crippen LogP) is 2.62. The number of rotatable bonds is 3. The molecule has 0 bridgehead atoms. The monoisotopic (exact) mass is 278 g/mol. The zero-order valence-corrected chi connectivity index (χ0v) is 11.7. The van der Waals surface area contributed by atoms with E-state index in [2.05, 4.69) is 5.32 Å². The molecule has 0 aromatic carbocycles. The summed E-state index contributed by atoms with van der Waals surface area (Å²) in [7, 11) is 0. The Hall–Kier alpha value is -2.08. The van der Waals surface area contributed by atoms with Gasteiger partial charge in [0.25, 0.3) is 11.8 Å². The first-order chi connectivity index (χ1) is 8.90. The van der Waals surface area contributed by atoms with Crippen molar-refractivity contribution in [2.75, 3.05) is 5.32 Å². The maximum atomic E-state index is 12.0. The molecule has 100 valence electrons. The van der Waals surface area contributed by atoms with Crippen molar-refractivity contribution in [1.82, 2.24) is 0 Å². The number of primary amides is 1. The molecule has 5 nitrogen and oxygen atoms in total. The summed E-state index contributed by atoms with van der Waals surface area (Å²) in [6.45, 7) is 5.43. The zero-order chi connectivity index (χ0) is 14.2. The van der Waals surface area contributed by atoms with E-state index in [1.54, 1.807) is 26.0 Å². The highest BCUT2D eigenvalue weighted by molar-refractivity contribution is 7.16. The Bertz CT molecular complexity index is 655. The molecule has 19 heavy (non-hydrogen) atoms. The smallest absolute Gasteiger partial charge is 0.291 e. The van der Waals surface area contributed by atoms with Crippen LogP contribution in [0.4, 0.5) is 5.00 Å². The number of anilines is 1. The molecule has 0 fully saturated rings. The minimum absolute atomic E-state index is 0.205. The summed E-state index contributed by atoms with van der Waals surface area (Å²) in [5.41, 5.74) is 6.50. The number of hydrogen-bond acceptors (Lipinski definition) is 4. The second-order valence-electron chi connectivity index (χ2n) is 4.22. The van der Waals surface area contributed by atoms with Crippen LogP contribution in [0.5, 0.6) is 0 Å². The van der Waals surface area contributed by atoms with E-state index in [4.69, 9.17) is 10.2 Å². The molecule has 2 aromatic rings. The Labute approximate surface area is 114 Å². The van der Waals surface area contributed by atoms with Crippen LogP contribution in [0.25, 0.3) is 0 Å². The van der Waals surface area contributed by atoms with Gasteiger partial charge in [-0.3, -0.25) is 9.59 Å². The number of carbonyl (C=O) groups excluding carboxylic acids is 2. The molecular weight excluding hydrogens is 264 g/mol. The molecule has 0 atom stereocenters. The first kappa shape index (κ1) is 13.4. The van der Waals surface area contributed by atoms with Crippen LogP contribution in [0.1, 0.15) is 37.1 Å². The van der Waals surface area contributed by atoms with Crippen molar-refractivity contribution < 1.29 is 14.0 Å². The second-order valence-corrected chi connectivity index (χ2v) is 5.44. The molecule has 0 aliphatic carbocycles. The van der Waals surface area contributed by atoms with E-state index >= 15 is 0 Å². The Balaban J connectivity index is 2.31. The molecule has 2 rings (SSSR count). The van der Waals surface area contributed by atoms with Gasteiger partial charge in [0.15, 0.2) is 5.76 Å². The fourth-order valence-corrected chi connectivity index (χ4v) is 2.79. The standard InChI is InChI=1S/C13H14N2O3S/c1-6-4-5-9(18-6)12(17)15-13-10(11(14)16)7(2)8(3)19-13/h4-5H,1-3H3,(H2,14,16)(H,15,17). The van der Waals surface area contributed by atoms with Crippen LogP contribution < -0.4 is 11.1 Å². The van der Waals surface area contributed by atoms with Gasteiger partial charge in [0.05, 0.1) is 5.56 Å². The third-order valence-electron chi connectivity index (χ3n) is 2.82. The minimum atomic E-state index is -0.548. The Kier molecular flexibility index (Phi) is 3.44. The molecule has 0 saturated heterocycles. The number of thiophene rings is 1. The van der Waals surface area contributed by atoms with Crippen LogP contribution in [0.15, 0.2) is 16.5 Å². The number of carbonyl (C=O) groups is 2. The van der Waals surface area contributed by atoms with E-state index in [0.717, 1.165) is 10.4 Å². The van der Waals surface area contributed by atoms with Gasteiger partial charge in [0.1, 0.15) is 10.8 Å². The topological polar surface area (TPSA) is 85.3 Å². The van der Waals surface area contributed by atoms with Gasteiger partial charge >= 0.3 is 0 Å². The van der Waals surface area contributed by atoms with Crippen molar-refractivity contribution in [2.45, 2.75) is 20.8 Å². The minimum Gasteiger partial charge on any atom is -0.456 e. The normalized spacial score (nSPS) is 10.5. The van der Waals surface area contributed by atoms with E-state index in [1.165, 1.54) is 11.3 Å². The van der Waals surface area contributed by atoms with E-state index < -0.39 is 11.8 Å². The van der Waals surface area contributed by atoms with Gasteiger partial charge in [-0.25, -0.2) is 0 Å². The lowest BCUT2D eigenvalue weighted by Gasteiger charge is -2.03. The van der Waals surface area contributed by atoms with Crippen LogP contribution in [-0.2, 0) is 0 Å². The van der Waals surface area contributed by atoms with E-state index in [9.17, 15) is 9.59 Å². The van der Waals surface area contributed by atoms with Gasteiger partial charge in [0.2, 0.25) is 0 Å². The highest BCUT2D eigenvalue weighted by atomic mass is 32.1. The molecule has 0 radical (unpaired) electrons. The number of hydrogen-bond donors (Lipinski definition) is 2. The third-order valence-corrected chi connectivity index (χ3v) is 3.95. The van der Waals surface area contributed by atoms with Crippen molar-refractivity contribution in [2.24, 2.45) is 5.73 Å². The summed E-state index contributed by atoms with van der Waals surface area (Å²) in [5, 5.41) is 3.13. The van der Waals surface area contributed by atoms with Crippen LogP contribution in [-0.4, -0.2) is 11.8 Å². The number of furan rings is 1. The summed E-state index contributed by atoms with van der Waals surface area (Å²) in [5.74, 6) is -0.0833. The van der Waals surface area contributed by atoms with Crippen LogP contribution in [0.2, 0.25) is 0 Å². The number of nitrogens with two attached hydrogens (primary N) is 1. The Morgan fingerprint density at radius 2 is 1.95 bits per heavy atom. The SMILES string of the molecule is Cc1ccc(C(=O)Nc2sc(C)c(C)c2C(N)=O)o1. The molecule has 0 saturated carbocycles. The summed E-state index contributed by atoms with van der Waals surface area (Å²) >= 11 is 1.32. The van der Waals surface area contributed by atoms with Crippen molar-refractivity contribution in [3.63, 3.8) is 0 Å². The first-order valence-electron chi connectivity index (χ1n) is 5.67. The molecule has 0 aliphatic heterocycles. The van der Waals surface area contributed by atoms with Gasteiger partial charge in [-0.1, -0.05) is 0 Å². The third kappa shape index (κ3) is 2.53. The zero-order valence-electron chi connectivity index (χ0n) is 10.9. The van der Waals surface area contributed by atoms with E-state index in [1.807, 2.05) is 6.92 Å². The summed E-state index contributed by atoms with van der Waals surface area (Å²) in [6, 6.07) is 3.29. The summed E-state index contributed by atoms with van der Waals surface area (Å²) in [4.78, 5) is 24.3. The van der Waals surface area contributed by atoms with E-state index in [0.29, 0.717) is 16.3 Å². The quantitative estimate of drug-likeness (QED) is 0.905. The molecule has 2 heterocycles. The lowest BCUT2D eigenvalue weighted by atomic mass is 10.1. The fraction of sp³-hybridized carbons (Fsp3) is 0.231. The molecule has 6 heteroatoms. The average Bonchev–Trinajstić information content (AvgIpc) is 2.85. The second kappa shape index (κ2) is 4.89.